The molecule has 0 unspecified atom stereocenters. The lowest BCUT2D eigenvalue weighted by atomic mass is 9.86. The van der Waals surface area contributed by atoms with Gasteiger partial charge in [0.25, 0.3) is 0 Å². The van der Waals surface area contributed by atoms with Crippen molar-refractivity contribution in [2.45, 2.75) is 76.9 Å². The van der Waals surface area contributed by atoms with Crippen LogP contribution in [-0.2, 0) is 31.9 Å². The van der Waals surface area contributed by atoms with Crippen LogP contribution in [0.1, 0.15) is 64.0 Å². The summed E-state index contributed by atoms with van der Waals surface area (Å²) in [4.78, 5) is 40.2. The van der Waals surface area contributed by atoms with Crippen molar-refractivity contribution in [3.05, 3.63) is 29.3 Å². The van der Waals surface area contributed by atoms with Gasteiger partial charge in [-0.25, -0.2) is 9.18 Å². The van der Waals surface area contributed by atoms with Crippen molar-refractivity contribution in [2.75, 3.05) is 31.6 Å². The van der Waals surface area contributed by atoms with E-state index in [0.717, 1.165) is 6.07 Å². The fourth-order valence-corrected chi connectivity index (χ4v) is 4.73. The standard InChI is InChI=1S/C26H35F4N3O5/c1-24(2,3)38-23(36)32-25(6-10-37-11-7-25)22(35)33-8-4-17(5-9-33)14-21(34)31-20-13-18(16-27)12-19(15-20)26(28,29)30/h12-13,15,17H,4-11,14,16H2,1-3H3,(H,31,34)(H,32,36). The predicted molar refractivity (Wildman–Crippen MR) is 131 cm³/mol. The molecular formula is C26H35F4N3O5. The van der Waals surface area contributed by atoms with E-state index in [0.29, 0.717) is 58.1 Å². The number of alkyl halides is 4. The van der Waals surface area contributed by atoms with Gasteiger partial charge in [0.05, 0.1) is 5.56 Å². The first kappa shape index (κ1) is 29.7. The lowest BCUT2D eigenvalue weighted by Crippen LogP contribution is -2.63. The maximum absolute atomic E-state index is 13.5. The van der Waals surface area contributed by atoms with E-state index in [2.05, 4.69) is 10.6 Å². The third-order valence-electron chi connectivity index (χ3n) is 6.63. The van der Waals surface area contributed by atoms with Gasteiger partial charge in [-0.15, -0.1) is 0 Å². The van der Waals surface area contributed by atoms with E-state index in [1.807, 2.05) is 0 Å². The Hall–Kier alpha value is -2.89. The molecule has 38 heavy (non-hydrogen) atoms. The molecule has 0 aromatic heterocycles. The molecule has 212 valence electrons. The Balaban J connectivity index is 1.58. The fourth-order valence-electron chi connectivity index (χ4n) is 4.73. The summed E-state index contributed by atoms with van der Waals surface area (Å²) >= 11 is 0. The largest absolute Gasteiger partial charge is 0.444 e. The molecule has 2 saturated heterocycles. The zero-order chi connectivity index (χ0) is 28.1. The average Bonchev–Trinajstić information content (AvgIpc) is 2.82. The average molecular weight is 546 g/mol. The third-order valence-corrected chi connectivity index (χ3v) is 6.63. The van der Waals surface area contributed by atoms with Crippen LogP contribution in [0.15, 0.2) is 18.2 Å². The Morgan fingerprint density at radius 2 is 1.71 bits per heavy atom. The highest BCUT2D eigenvalue weighted by molar-refractivity contribution is 5.91. The number of ether oxygens (including phenoxy) is 2. The molecule has 12 heteroatoms. The van der Waals surface area contributed by atoms with Crippen LogP contribution >= 0.6 is 0 Å². The van der Waals surface area contributed by atoms with Crippen LogP contribution in [0.5, 0.6) is 0 Å². The summed E-state index contributed by atoms with van der Waals surface area (Å²) in [6, 6.07) is 2.67. The van der Waals surface area contributed by atoms with Crippen LogP contribution in [0.25, 0.3) is 0 Å². The summed E-state index contributed by atoms with van der Waals surface area (Å²) in [5.74, 6) is -0.793. The lowest BCUT2D eigenvalue weighted by Gasteiger charge is -2.42. The molecule has 0 saturated carbocycles. The minimum atomic E-state index is -4.66. The summed E-state index contributed by atoms with van der Waals surface area (Å²) in [7, 11) is 0. The molecule has 2 heterocycles. The number of piperidine rings is 1. The third kappa shape index (κ3) is 8.05. The Morgan fingerprint density at radius 1 is 1.08 bits per heavy atom. The van der Waals surface area contributed by atoms with Gasteiger partial charge in [-0.1, -0.05) is 0 Å². The van der Waals surface area contributed by atoms with Gasteiger partial charge >= 0.3 is 12.3 Å². The molecule has 0 atom stereocenters. The van der Waals surface area contributed by atoms with E-state index in [9.17, 15) is 31.9 Å². The summed E-state index contributed by atoms with van der Waals surface area (Å²) in [6.45, 7) is 5.48. The Kier molecular flexibility index (Phi) is 9.27. The van der Waals surface area contributed by atoms with Crippen molar-refractivity contribution in [3.63, 3.8) is 0 Å². The Bertz CT molecular complexity index is 1010. The molecule has 0 aliphatic carbocycles. The number of nitrogens with one attached hydrogen (secondary N) is 2. The number of carbonyl (C=O) groups is 3. The minimum absolute atomic E-state index is 0.0539. The minimum Gasteiger partial charge on any atom is -0.444 e. The SMILES string of the molecule is CC(C)(C)OC(=O)NC1(C(=O)N2CCC(CC(=O)Nc3cc(CF)cc(C(F)(F)F)c3)CC2)CCOCC1. The van der Waals surface area contributed by atoms with Crippen LogP contribution < -0.4 is 10.6 Å². The molecule has 1 aromatic carbocycles. The first-order valence-corrected chi connectivity index (χ1v) is 12.7. The van der Waals surface area contributed by atoms with E-state index in [-0.39, 0.29) is 29.5 Å². The summed E-state index contributed by atoms with van der Waals surface area (Å²) in [5.41, 5.74) is -3.18. The maximum atomic E-state index is 13.5. The van der Waals surface area contributed by atoms with Crippen molar-refractivity contribution in [1.29, 1.82) is 0 Å². The summed E-state index contributed by atoms with van der Waals surface area (Å²) in [5, 5.41) is 5.22. The molecular weight excluding hydrogens is 510 g/mol. The van der Waals surface area contributed by atoms with Crippen LogP contribution in [0.2, 0.25) is 0 Å². The first-order valence-electron chi connectivity index (χ1n) is 12.7. The smallest absolute Gasteiger partial charge is 0.416 e. The molecule has 2 fully saturated rings. The van der Waals surface area contributed by atoms with Crippen molar-refractivity contribution in [2.24, 2.45) is 5.92 Å². The van der Waals surface area contributed by atoms with Crippen molar-refractivity contribution in [3.8, 4) is 0 Å². The van der Waals surface area contributed by atoms with Gasteiger partial charge in [0, 0.05) is 51.3 Å². The second-order valence-corrected chi connectivity index (χ2v) is 10.9. The quantitative estimate of drug-likeness (QED) is 0.500. The molecule has 0 bridgehead atoms. The van der Waals surface area contributed by atoms with Gasteiger partial charge < -0.3 is 25.0 Å². The Morgan fingerprint density at radius 3 is 2.26 bits per heavy atom. The van der Waals surface area contributed by atoms with Crippen molar-refractivity contribution < 1.29 is 41.4 Å². The van der Waals surface area contributed by atoms with Gasteiger partial charge in [0.1, 0.15) is 17.8 Å². The summed E-state index contributed by atoms with van der Waals surface area (Å²) < 4.78 is 63.1. The molecule has 8 nitrogen and oxygen atoms in total. The van der Waals surface area contributed by atoms with Gasteiger partial charge in [-0.3, -0.25) is 9.59 Å². The molecule has 2 aliphatic heterocycles. The van der Waals surface area contributed by atoms with E-state index >= 15 is 0 Å². The number of amides is 3. The molecule has 0 radical (unpaired) electrons. The van der Waals surface area contributed by atoms with Crippen molar-refractivity contribution >= 4 is 23.6 Å². The van der Waals surface area contributed by atoms with Crippen LogP contribution in [0.3, 0.4) is 0 Å². The van der Waals surface area contributed by atoms with Crippen molar-refractivity contribution in [1.82, 2.24) is 10.2 Å². The predicted octanol–water partition coefficient (Wildman–Crippen LogP) is 4.82. The topological polar surface area (TPSA) is 97.0 Å². The number of benzene rings is 1. The normalized spacial score (nSPS) is 18.6. The number of hydrogen-bond donors (Lipinski definition) is 2. The number of alkyl carbamates (subject to hydrolysis) is 1. The highest BCUT2D eigenvalue weighted by Crippen LogP contribution is 2.33. The van der Waals surface area contributed by atoms with Gasteiger partial charge in [-0.05, 0) is 63.3 Å². The van der Waals surface area contributed by atoms with Crippen LogP contribution in [0, 0.1) is 5.92 Å². The van der Waals surface area contributed by atoms with Gasteiger partial charge in [0.2, 0.25) is 11.8 Å². The number of rotatable bonds is 6. The maximum Gasteiger partial charge on any atom is 0.416 e. The van der Waals surface area contributed by atoms with Crippen LogP contribution in [-0.4, -0.2) is 60.3 Å². The highest BCUT2D eigenvalue weighted by atomic mass is 19.4. The number of carbonyl (C=O) groups excluding carboxylic acids is 3. The summed E-state index contributed by atoms with van der Waals surface area (Å²) in [6.07, 6.45) is -3.64. The fraction of sp³-hybridized carbons (Fsp3) is 0.654. The second kappa shape index (κ2) is 11.9. The van der Waals surface area contributed by atoms with Gasteiger partial charge in [-0.2, -0.15) is 13.2 Å². The zero-order valence-corrected chi connectivity index (χ0v) is 21.9. The molecule has 3 amide bonds. The number of likely N-dealkylation sites (tertiary alicyclic amines) is 1. The number of anilines is 1. The van der Waals surface area contributed by atoms with E-state index in [4.69, 9.17) is 9.47 Å². The Labute approximate surface area is 219 Å². The van der Waals surface area contributed by atoms with Gasteiger partial charge in [0.15, 0.2) is 0 Å². The van der Waals surface area contributed by atoms with E-state index < -0.39 is 41.6 Å². The van der Waals surface area contributed by atoms with E-state index in [1.54, 1.807) is 25.7 Å². The number of hydrogen-bond acceptors (Lipinski definition) is 5. The molecule has 1 aromatic rings. The molecule has 2 aliphatic rings. The number of nitrogens with zero attached hydrogens (tertiary/aromatic N) is 1. The molecule has 3 rings (SSSR count). The molecule has 0 spiro atoms. The lowest BCUT2D eigenvalue weighted by molar-refractivity contribution is -0.144. The van der Waals surface area contributed by atoms with E-state index in [1.165, 1.54) is 6.07 Å². The zero-order valence-electron chi connectivity index (χ0n) is 21.9. The monoisotopic (exact) mass is 545 g/mol. The van der Waals surface area contributed by atoms with Crippen LogP contribution in [0.4, 0.5) is 28.0 Å². The molecule has 2 N–H and O–H groups in total. The highest BCUT2D eigenvalue weighted by Gasteiger charge is 2.45. The first-order chi connectivity index (χ1) is 17.7. The second-order valence-electron chi connectivity index (χ2n) is 10.9. The number of halogens is 4.